The second-order valence-electron chi connectivity index (χ2n) is 5.50. The Balaban J connectivity index is 2.43. The lowest BCUT2D eigenvalue weighted by molar-refractivity contribution is -0.121. The molecule has 1 aliphatic heterocycles. The van der Waals surface area contributed by atoms with Crippen molar-refractivity contribution < 1.29 is 28.3 Å². The van der Waals surface area contributed by atoms with Gasteiger partial charge >= 0.3 is 5.97 Å². The number of anilines is 1. The number of hydrogen-bond acceptors (Lipinski definition) is 4. The maximum atomic E-state index is 15.0. The van der Waals surface area contributed by atoms with Gasteiger partial charge in [-0.25, -0.2) is 18.5 Å². The Morgan fingerprint density at radius 2 is 1.80 bits per heavy atom. The first-order valence-electron chi connectivity index (χ1n) is 7.42. The number of amides is 2. The first-order valence-corrected chi connectivity index (χ1v) is 7.42. The van der Waals surface area contributed by atoms with E-state index < -0.39 is 51.5 Å². The van der Waals surface area contributed by atoms with Crippen LogP contribution in [0.1, 0.15) is 30.1 Å². The van der Waals surface area contributed by atoms with Gasteiger partial charge < -0.3 is 9.67 Å². The number of carbonyl (C=O) groups is 3. The SMILES string of the molecule is CCn1cc(C(=O)O)c(=O)c2cc(F)c(N3C(=O)CCC3=O)c(F)c21. The maximum absolute atomic E-state index is 15.0. The van der Waals surface area contributed by atoms with Crippen LogP contribution in [0.5, 0.6) is 0 Å². The number of imide groups is 1. The summed E-state index contributed by atoms with van der Waals surface area (Å²) in [6, 6.07) is 0.660. The first-order chi connectivity index (χ1) is 11.8. The van der Waals surface area contributed by atoms with Crippen molar-refractivity contribution in [2.45, 2.75) is 26.3 Å². The van der Waals surface area contributed by atoms with Crippen molar-refractivity contribution in [2.75, 3.05) is 4.90 Å². The molecule has 0 bridgehead atoms. The van der Waals surface area contributed by atoms with Crippen LogP contribution >= 0.6 is 0 Å². The number of halogens is 2. The lowest BCUT2D eigenvalue weighted by Crippen LogP contribution is -2.31. The van der Waals surface area contributed by atoms with Gasteiger partial charge in [0.1, 0.15) is 11.3 Å². The van der Waals surface area contributed by atoms with Crippen molar-refractivity contribution in [1.29, 1.82) is 0 Å². The molecule has 0 atom stereocenters. The number of aromatic nitrogens is 1. The van der Waals surface area contributed by atoms with E-state index in [2.05, 4.69) is 0 Å². The highest BCUT2D eigenvalue weighted by Crippen LogP contribution is 2.33. The van der Waals surface area contributed by atoms with Crippen molar-refractivity contribution in [3.05, 3.63) is 39.7 Å². The van der Waals surface area contributed by atoms with Gasteiger partial charge in [-0.1, -0.05) is 0 Å². The molecule has 130 valence electrons. The highest BCUT2D eigenvalue weighted by molar-refractivity contribution is 6.20. The quantitative estimate of drug-likeness (QED) is 0.849. The van der Waals surface area contributed by atoms with Gasteiger partial charge in [-0.05, 0) is 13.0 Å². The minimum absolute atomic E-state index is 0.0843. The second kappa shape index (κ2) is 5.76. The average molecular weight is 350 g/mol. The summed E-state index contributed by atoms with van der Waals surface area (Å²) in [5, 5.41) is 8.61. The standard InChI is InChI=1S/C16H12F2N2O5/c1-2-19-6-8(16(24)25)15(23)7-5-9(17)14(12(18)13(7)19)20-10(21)3-4-11(20)22/h5-6H,2-4H2,1H3,(H,24,25). The smallest absolute Gasteiger partial charge is 0.341 e. The molecule has 1 aromatic carbocycles. The fourth-order valence-electron chi connectivity index (χ4n) is 2.91. The molecule has 3 rings (SSSR count). The van der Waals surface area contributed by atoms with Crippen LogP contribution in [0.2, 0.25) is 0 Å². The number of carboxylic acids is 1. The number of benzene rings is 1. The van der Waals surface area contributed by atoms with Gasteiger partial charge in [-0.2, -0.15) is 0 Å². The van der Waals surface area contributed by atoms with E-state index in [9.17, 15) is 28.0 Å². The highest BCUT2D eigenvalue weighted by atomic mass is 19.1. The Kier molecular flexibility index (Phi) is 3.86. The minimum atomic E-state index is -1.52. The van der Waals surface area contributed by atoms with Crippen molar-refractivity contribution >= 4 is 34.4 Å². The van der Waals surface area contributed by atoms with E-state index in [1.807, 2.05) is 0 Å². The van der Waals surface area contributed by atoms with Crippen molar-refractivity contribution in [3.63, 3.8) is 0 Å². The van der Waals surface area contributed by atoms with Crippen molar-refractivity contribution in [1.82, 2.24) is 4.57 Å². The van der Waals surface area contributed by atoms with E-state index in [1.54, 1.807) is 6.92 Å². The topological polar surface area (TPSA) is 96.7 Å². The summed E-state index contributed by atoms with van der Waals surface area (Å²) in [5.41, 5.74) is -2.88. The molecule has 0 unspecified atom stereocenters. The molecule has 1 aromatic heterocycles. The number of hydrogen-bond donors (Lipinski definition) is 1. The van der Waals surface area contributed by atoms with Crippen LogP contribution < -0.4 is 10.3 Å². The monoisotopic (exact) mass is 350 g/mol. The van der Waals surface area contributed by atoms with Gasteiger partial charge in [0.25, 0.3) is 0 Å². The third kappa shape index (κ3) is 2.39. The molecule has 2 heterocycles. The summed E-state index contributed by atoms with van der Waals surface area (Å²) in [5.74, 6) is -5.54. The predicted molar refractivity (Wildman–Crippen MR) is 82.5 cm³/mol. The minimum Gasteiger partial charge on any atom is -0.477 e. The predicted octanol–water partition coefficient (Wildman–Crippen LogP) is 1.65. The molecule has 0 aliphatic carbocycles. The van der Waals surface area contributed by atoms with Crippen LogP contribution in [0.4, 0.5) is 14.5 Å². The van der Waals surface area contributed by atoms with E-state index in [4.69, 9.17) is 5.11 Å². The molecule has 7 nitrogen and oxygen atoms in total. The van der Waals surface area contributed by atoms with Gasteiger partial charge in [0, 0.05) is 25.6 Å². The normalized spacial score (nSPS) is 14.6. The van der Waals surface area contributed by atoms with Gasteiger partial charge in [0.2, 0.25) is 17.2 Å². The summed E-state index contributed by atoms with van der Waals surface area (Å²) in [7, 11) is 0. The molecular formula is C16H12F2N2O5. The van der Waals surface area contributed by atoms with Crippen LogP contribution in [0.3, 0.4) is 0 Å². The van der Waals surface area contributed by atoms with Gasteiger partial charge in [0.15, 0.2) is 11.6 Å². The number of pyridine rings is 1. The zero-order chi connectivity index (χ0) is 18.5. The molecule has 1 saturated heterocycles. The molecular weight excluding hydrogens is 338 g/mol. The molecule has 0 spiro atoms. The van der Waals surface area contributed by atoms with Crippen LogP contribution in [-0.2, 0) is 16.1 Å². The molecule has 1 N–H and O–H groups in total. The van der Waals surface area contributed by atoms with E-state index >= 15 is 0 Å². The fraction of sp³-hybridized carbons (Fsp3) is 0.250. The third-order valence-corrected chi connectivity index (χ3v) is 4.08. The number of aromatic carboxylic acids is 1. The van der Waals surface area contributed by atoms with Gasteiger partial charge in [-0.15, -0.1) is 0 Å². The molecule has 2 aromatic rings. The molecule has 2 amide bonds. The van der Waals surface area contributed by atoms with Crippen LogP contribution in [-0.4, -0.2) is 27.5 Å². The van der Waals surface area contributed by atoms with Gasteiger partial charge in [-0.3, -0.25) is 14.4 Å². The zero-order valence-corrected chi connectivity index (χ0v) is 13.0. The lowest BCUT2D eigenvalue weighted by atomic mass is 10.1. The Hall–Kier alpha value is -3.10. The van der Waals surface area contributed by atoms with Crippen LogP contribution in [0, 0.1) is 11.6 Å². The Morgan fingerprint density at radius 1 is 1.20 bits per heavy atom. The summed E-state index contributed by atoms with van der Waals surface area (Å²) in [6.07, 6.45) is 0.633. The largest absolute Gasteiger partial charge is 0.477 e. The maximum Gasteiger partial charge on any atom is 0.341 e. The first kappa shape index (κ1) is 16.7. The molecule has 0 radical (unpaired) electrons. The lowest BCUT2D eigenvalue weighted by Gasteiger charge is -2.19. The third-order valence-electron chi connectivity index (χ3n) is 4.08. The summed E-state index contributed by atoms with van der Waals surface area (Å²) >= 11 is 0. The average Bonchev–Trinajstić information content (AvgIpc) is 2.87. The molecule has 9 heteroatoms. The number of fused-ring (bicyclic) bond motifs is 1. The number of carbonyl (C=O) groups excluding carboxylic acids is 2. The highest BCUT2D eigenvalue weighted by Gasteiger charge is 2.36. The Labute approximate surface area is 139 Å². The van der Waals surface area contributed by atoms with Crippen molar-refractivity contribution in [2.24, 2.45) is 0 Å². The van der Waals surface area contributed by atoms with Crippen LogP contribution in [0.25, 0.3) is 10.9 Å². The van der Waals surface area contributed by atoms with Crippen LogP contribution in [0.15, 0.2) is 17.1 Å². The van der Waals surface area contributed by atoms with Gasteiger partial charge in [0.05, 0.1) is 10.9 Å². The number of carboxylic acid groups (broad SMARTS) is 1. The fourth-order valence-corrected chi connectivity index (χ4v) is 2.91. The molecule has 1 aliphatic rings. The Bertz CT molecular complexity index is 996. The number of aryl methyl sites for hydroxylation is 1. The molecule has 25 heavy (non-hydrogen) atoms. The number of nitrogens with zero attached hydrogens (tertiary/aromatic N) is 2. The zero-order valence-electron chi connectivity index (χ0n) is 13.0. The van der Waals surface area contributed by atoms with E-state index in [1.165, 1.54) is 0 Å². The van der Waals surface area contributed by atoms with E-state index in [0.29, 0.717) is 11.0 Å². The second-order valence-corrected chi connectivity index (χ2v) is 5.50. The Morgan fingerprint density at radius 3 is 2.32 bits per heavy atom. The molecule has 1 fully saturated rings. The number of rotatable bonds is 3. The van der Waals surface area contributed by atoms with E-state index in [-0.39, 0.29) is 24.9 Å². The molecule has 0 saturated carbocycles. The summed E-state index contributed by atoms with van der Waals surface area (Å²) in [4.78, 5) is 47.5. The summed E-state index contributed by atoms with van der Waals surface area (Å²) in [6.45, 7) is 1.66. The summed E-state index contributed by atoms with van der Waals surface area (Å²) < 4.78 is 30.6. The van der Waals surface area contributed by atoms with E-state index in [0.717, 1.165) is 10.8 Å². The van der Waals surface area contributed by atoms with Crippen molar-refractivity contribution in [3.8, 4) is 0 Å².